The highest BCUT2D eigenvalue weighted by atomic mass is 32.2. The summed E-state index contributed by atoms with van der Waals surface area (Å²) in [6.07, 6.45) is 0. The maximum Gasteiger partial charge on any atom is 0.289 e. The lowest BCUT2D eigenvalue weighted by Gasteiger charge is -2.35. The first kappa shape index (κ1) is 12.9. The molecule has 0 unspecified atom stereocenters. The minimum Gasteiger partial charge on any atom is -0.325 e. The van der Waals surface area contributed by atoms with Gasteiger partial charge in [-0.2, -0.15) is 4.31 Å². The van der Waals surface area contributed by atoms with Gasteiger partial charge in [-0.15, -0.1) is 0 Å². The van der Waals surface area contributed by atoms with Crippen molar-refractivity contribution in [1.82, 2.24) is 4.31 Å². The Labute approximate surface area is 104 Å². The molecule has 0 radical (unpaired) electrons. The third-order valence-corrected chi connectivity index (χ3v) is 4.89. The maximum atomic E-state index is 12.3. The fourth-order valence-electron chi connectivity index (χ4n) is 1.91. The summed E-state index contributed by atoms with van der Waals surface area (Å²) in [5.74, 6) is 0. The average molecular weight is 271 g/mol. The minimum atomic E-state index is -3.83. The Kier molecular flexibility index (Phi) is 3.09. The Hall–Kier alpha value is -1.51. The van der Waals surface area contributed by atoms with Crippen molar-refractivity contribution in [3.05, 3.63) is 33.9 Å². The standard InChI is InChI=1S/C10H13N3O4S/c1-7-3-2-4-9(13(14)15)10(7)18(16,17)12-5-8(11)6-12/h2-4,8H,5-6,11H2,1H3. The third kappa shape index (κ3) is 1.98. The topological polar surface area (TPSA) is 107 Å². The van der Waals surface area contributed by atoms with Crippen molar-refractivity contribution in [3.8, 4) is 0 Å². The van der Waals surface area contributed by atoms with Crippen LogP contribution < -0.4 is 5.73 Å². The number of nitrogens with two attached hydrogens (primary N) is 1. The number of hydrogen-bond donors (Lipinski definition) is 1. The predicted molar refractivity (Wildman–Crippen MR) is 64.6 cm³/mol. The molecule has 2 rings (SSSR count). The summed E-state index contributed by atoms with van der Waals surface area (Å²) < 4.78 is 25.7. The number of rotatable bonds is 3. The van der Waals surface area contributed by atoms with Gasteiger partial charge in [-0.3, -0.25) is 10.1 Å². The largest absolute Gasteiger partial charge is 0.325 e. The summed E-state index contributed by atoms with van der Waals surface area (Å²) in [7, 11) is -3.83. The summed E-state index contributed by atoms with van der Waals surface area (Å²) >= 11 is 0. The van der Waals surface area contributed by atoms with Gasteiger partial charge in [-0.05, 0) is 12.5 Å². The van der Waals surface area contributed by atoms with Crippen LogP contribution in [-0.4, -0.2) is 36.8 Å². The number of nitro benzene ring substituents is 1. The highest BCUT2D eigenvalue weighted by molar-refractivity contribution is 7.89. The molecule has 1 aliphatic rings. The summed E-state index contributed by atoms with van der Waals surface area (Å²) in [6.45, 7) is 1.95. The van der Waals surface area contributed by atoms with Gasteiger partial charge < -0.3 is 5.73 Å². The second-order valence-electron chi connectivity index (χ2n) is 4.26. The van der Waals surface area contributed by atoms with Gasteiger partial charge in [0, 0.05) is 25.2 Å². The molecular formula is C10H13N3O4S. The monoisotopic (exact) mass is 271 g/mol. The average Bonchev–Trinajstić information content (AvgIpc) is 2.23. The van der Waals surface area contributed by atoms with E-state index in [9.17, 15) is 18.5 Å². The van der Waals surface area contributed by atoms with Crippen LogP contribution in [0, 0.1) is 17.0 Å². The van der Waals surface area contributed by atoms with Crippen LogP contribution in [0.2, 0.25) is 0 Å². The zero-order valence-electron chi connectivity index (χ0n) is 9.74. The van der Waals surface area contributed by atoms with Gasteiger partial charge in [0.05, 0.1) is 4.92 Å². The Morgan fingerprint density at radius 1 is 1.44 bits per heavy atom. The molecule has 0 saturated carbocycles. The Morgan fingerprint density at radius 3 is 2.56 bits per heavy atom. The van der Waals surface area contributed by atoms with Crippen LogP contribution in [0.3, 0.4) is 0 Å². The molecule has 0 bridgehead atoms. The van der Waals surface area contributed by atoms with E-state index in [4.69, 9.17) is 5.73 Å². The number of nitrogens with zero attached hydrogens (tertiary/aromatic N) is 2. The smallest absolute Gasteiger partial charge is 0.289 e. The molecule has 1 fully saturated rings. The van der Waals surface area contributed by atoms with Gasteiger partial charge in [0.25, 0.3) is 5.69 Å². The molecule has 1 aromatic rings. The fourth-order valence-corrected chi connectivity index (χ4v) is 3.83. The first-order chi connectivity index (χ1) is 8.34. The molecule has 98 valence electrons. The van der Waals surface area contributed by atoms with Crippen molar-refractivity contribution < 1.29 is 13.3 Å². The number of aryl methyl sites for hydroxylation is 1. The maximum absolute atomic E-state index is 12.3. The lowest BCUT2D eigenvalue weighted by Crippen LogP contribution is -2.57. The van der Waals surface area contributed by atoms with Gasteiger partial charge in [-0.25, -0.2) is 8.42 Å². The summed E-state index contributed by atoms with van der Waals surface area (Å²) in [5.41, 5.74) is 5.51. The summed E-state index contributed by atoms with van der Waals surface area (Å²) in [5, 5.41) is 10.9. The number of nitro groups is 1. The van der Waals surface area contributed by atoms with Crippen molar-refractivity contribution in [1.29, 1.82) is 0 Å². The van der Waals surface area contributed by atoms with E-state index in [1.54, 1.807) is 13.0 Å². The van der Waals surface area contributed by atoms with Crippen LogP contribution in [-0.2, 0) is 10.0 Å². The Bertz CT molecular complexity index is 593. The second kappa shape index (κ2) is 4.30. The highest BCUT2D eigenvalue weighted by Gasteiger charge is 2.39. The van der Waals surface area contributed by atoms with E-state index in [2.05, 4.69) is 0 Å². The molecule has 2 N–H and O–H groups in total. The molecule has 0 aromatic heterocycles. The summed E-state index contributed by atoms with van der Waals surface area (Å²) in [4.78, 5) is 10.00. The SMILES string of the molecule is Cc1cccc([N+](=O)[O-])c1S(=O)(=O)N1CC(N)C1. The molecule has 7 nitrogen and oxygen atoms in total. The lowest BCUT2D eigenvalue weighted by atomic mass is 10.2. The van der Waals surface area contributed by atoms with Crippen molar-refractivity contribution >= 4 is 15.7 Å². The first-order valence-corrected chi connectivity index (χ1v) is 6.78. The van der Waals surface area contributed by atoms with Crippen LogP contribution in [0.1, 0.15) is 5.56 Å². The number of benzene rings is 1. The number of hydrogen-bond acceptors (Lipinski definition) is 5. The van der Waals surface area contributed by atoms with Crippen LogP contribution in [0.15, 0.2) is 23.1 Å². The quantitative estimate of drug-likeness (QED) is 0.625. The van der Waals surface area contributed by atoms with Crippen molar-refractivity contribution in [3.63, 3.8) is 0 Å². The molecule has 1 heterocycles. The van der Waals surface area contributed by atoms with E-state index in [1.807, 2.05) is 0 Å². The van der Waals surface area contributed by atoms with Crippen molar-refractivity contribution in [2.75, 3.05) is 13.1 Å². The van der Waals surface area contributed by atoms with E-state index >= 15 is 0 Å². The zero-order chi connectivity index (χ0) is 13.5. The molecule has 1 aromatic carbocycles. The predicted octanol–water partition coefficient (Wildman–Crippen LogP) is 0.235. The van der Waals surface area contributed by atoms with Crippen molar-refractivity contribution in [2.45, 2.75) is 17.9 Å². The van der Waals surface area contributed by atoms with Crippen LogP contribution in [0.25, 0.3) is 0 Å². The summed E-state index contributed by atoms with van der Waals surface area (Å²) in [6, 6.07) is 4.01. The van der Waals surface area contributed by atoms with E-state index < -0.39 is 20.6 Å². The van der Waals surface area contributed by atoms with Gasteiger partial charge in [0.15, 0.2) is 4.90 Å². The second-order valence-corrected chi connectivity index (χ2v) is 6.14. The first-order valence-electron chi connectivity index (χ1n) is 5.34. The zero-order valence-corrected chi connectivity index (χ0v) is 10.6. The van der Waals surface area contributed by atoms with Gasteiger partial charge in [-0.1, -0.05) is 12.1 Å². The molecule has 18 heavy (non-hydrogen) atoms. The van der Waals surface area contributed by atoms with E-state index in [1.165, 1.54) is 12.1 Å². The number of sulfonamides is 1. The van der Waals surface area contributed by atoms with E-state index in [-0.39, 0.29) is 24.0 Å². The van der Waals surface area contributed by atoms with Gasteiger partial charge >= 0.3 is 0 Å². The molecule has 8 heteroatoms. The highest BCUT2D eigenvalue weighted by Crippen LogP contribution is 2.31. The van der Waals surface area contributed by atoms with Crippen LogP contribution in [0.4, 0.5) is 5.69 Å². The molecule has 1 aliphatic heterocycles. The lowest BCUT2D eigenvalue weighted by molar-refractivity contribution is -0.388. The van der Waals surface area contributed by atoms with Crippen molar-refractivity contribution in [2.24, 2.45) is 5.73 Å². The van der Waals surface area contributed by atoms with Gasteiger partial charge in [0.2, 0.25) is 10.0 Å². The molecule has 0 atom stereocenters. The molecule has 1 saturated heterocycles. The third-order valence-electron chi connectivity index (χ3n) is 2.86. The molecule has 0 aliphatic carbocycles. The molecule has 0 amide bonds. The normalized spacial score (nSPS) is 17.4. The van der Waals surface area contributed by atoms with Crippen LogP contribution >= 0.6 is 0 Å². The molecule has 0 spiro atoms. The van der Waals surface area contributed by atoms with Gasteiger partial charge in [0.1, 0.15) is 0 Å². The Balaban J connectivity index is 2.54. The van der Waals surface area contributed by atoms with E-state index in [0.29, 0.717) is 5.56 Å². The Morgan fingerprint density at radius 2 is 2.06 bits per heavy atom. The molecular weight excluding hydrogens is 258 g/mol. The van der Waals surface area contributed by atoms with E-state index in [0.717, 1.165) is 4.31 Å². The van der Waals surface area contributed by atoms with Crippen LogP contribution in [0.5, 0.6) is 0 Å². The fraction of sp³-hybridized carbons (Fsp3) is 0.400. The minimum absolute atomic E-state index is 0.192.